The van der Waals surface area contributed by atoms with Gasteiger partial charge in [-0.15, -0.1) is 11.3 Å². The van der Waals surface area contributed by atoms with E-state index in [1.807, 2.05) is 30.5 Å². The van der Waals surface area contributed by atoms with E-state index in [1.54, 1.807) is 25.4 Å². The van der Waals surface area contributed by atoms with Crippen LogP contribution in [0.1, 0.15) is 11.9 Å². The summed E-state index contributed by atoms with van der Waals surface area (Å²) in [6.07, 6.45) is -0.637. The predicted octanol–water partition coefficient (Wildman–Crippen LogP) is 2.00. The Morgan fingerprint density at radius 2 is 2.27 bits per heavy atom. The second-order valence-electron chi connectivity index (χ2n) is 5.96. The van der Waals surface area contributed by atoms with E-state index in [2.05, 4.69) is 10.3 Å². The van der Waals surface area contributed by atoms with Gasteiger partial charge in [-0.3, -0.25) is 14.5 Å². The zero-order chi connectivity index (χ0) is 18.7. The van der Waals surface area contributed by atoms with Crippen LogP contribution in [-0.2, 0) is 14.3 Å². The lowest BCUT2D eigenvalue weighted by molar-refractivity contribution is -0.128. The highest BCUT2D eigenvalue weighted by molar-refractivity contribution is 7.09. The second-order valence-corrected chi connectivity index (χ2v) is 7.02. The molecule has 2 aromatic rings. The van der Waals surface area contributed by atoms with E-state index in [-0.39, 0.29) is 18.4 Å². The molecule has 3 rings (SSSR count). The number of rotatable bonds is 6. The van der Waals surface area contributed by atoms with Gasteiger partial charge in [-0.25, -0.2) is 4.98 Å². The van der Waals surface area contributed by atoms with Gasteiger partial charge in [-0.2, -0.15) is 0 Å². The molecule has 0 spiro atoms. The van der Waals surface area contributed by atoms with E-state index in [1.165, 1.54) is 4.90 Å². The van der Waals surface area contributed by atoms with Gasteiger partial charge in [0.05, 0.1) is 23.0 Å². The minimum absolute atomic E-state index is 0.0667. The number of hydrogen-bond donors (Lipinski definition) is 1. The van der Waals surface area contributed by atoms with Crippen LogP contribution in [-0.4, -0.2) is 49.7 Å². The van der Waals surface area contributed by atoms with Gasteiger partial charge in [0.2, 0.25) is 5.91 Å². The summed E-state index contributed by atoms with van der Waals surface area (Å²) in [5.41, 5.74) is 2.30. The number of methoxy groups -OCH3 is 1. The van der Waals surface area contributed by atoms with Crippen LogP contribution in [0.25, 0.3) is 11.3 Å². The van der Waals surface area contributed by atoms with Gasteiger partial charge in [-0.1, -0.05) is 0 Å². The fourth-order valence-electron chi connectivity index (χ4n) is 2.72. The molecule has 0 saturated carbocycles. The van der Waals surface area contributed by atoms with Gasteiger partial charge in [0.15, 0.2) is 6.10 Å². The van der Waals surface area contributed by atoms with Crippen molar-refractivity contribution >= 4 is 28.8 Å². The van der Waals surface area contributed by atoms with Crippen molar-refractivity contribution in [2.24, 2.45) is 0 Å². The van der Waals surface area contributed by atoms with Crippen molar-refractivity contribution in [1.82, 2.24) is 10.3 Å². The number of benzene rings is 1. The lowest BCUT2D eigenvalue weighted by Gasteiger charge is -2.32. The number of aromatic nitrogens is 1. The molecule has 1 N–H and O–H groups in total. The molecule has 0 aliphatic carbocycles. The Morgan fingerprint density at radius 3 is 2.96 bits per heavy atom. The Labute approximate surface area is 155 Å². The third kappa shape index (κ3) is 3.86. The maximum absolute atomic E-state index is 12.6. The molecule has 7 nitrogen and oxygen atoms in total. The van der Waals surface area contributed by atoms with Crippen molar-refractivity contribution in [2.45, 2.75) is 20.0 Å². The van der Waals surface area contributed by atoms with Gasteiger partial charge in [0, 0.05) is 24.6 Å². The molecular weight excluding hydrogens is 354 g/mol. The van der Waals surface area contributed by atoms with Crippen LogP contribution < -0.4 is 15.0 Å². The molecule has 2 amide bonds. The zero-order valence-corrected chi connectivity index (χ0v) is 15.8. The van der Waals surface area contributed by atoms with E-state index in [9.17, 15) is 9.59 Å². The van der Waals surface area contributed by atoms with Crippen LogP contribution in [0.5, 0.6) is 5.75 Å². The van der Waals surface area contributed by atoms with E-state index < -0.39 is 6.10 Å². The highest BCUT2D eigenvalue weighted by Gasteiger charge is 2.33. The molecule has 1 atom stereocenters. The van der Waals surface area contributed by atoms with Gasteiger partial charge in [-0.05, 0) is 32.0 Å². The third-order valence-electron chi connectivity index (χ3n) is 4.01. The summed E-state index contributed by atoms with van der Waals surface area (Å²) in [6.45, 7) is 4.37. The summed E-state index contributed by atoms with van der Waals surface area (Å²) in [4.78, 5) is 30.7. The molecule has 8 heteroatoms. The standard InChI is InChI=1S/C18H21N3O4S/c1-11-18(23)21(9-17(22)19-6-7-24-3)15-8-13(4-5-16(15)25-11)14-10-26-12(2)20-14/h4-5,8,10-11H,6-7,9H2,1-3H3,(H,19,22). The average Bonchev–Trinajstić information content (AvgIpc) is 3.05. The van der Waals surface area contributed by atoms with Gasteiger partial charge >= 0.3 is 0 Å². The van der Waals surface area contributed by atoms with Crippen molar-refractivity contribution in [3.8, 4) is 17.0 Å². The lowest BCUT2D eigenvalue weighted by Crippen LogP contribution is -2.49. The van der Waals surface area contributed by atoms with Crippen molar-refractivity contribution in [1.29, 1.82) is 0 Å². The maximum atomic E-state index is 12.6. The largest absolute Gasteiger partial charge is 0.479 e. The second kappa shape index (κ2) is 7.84. The smallest absolute Gasteiger partial charge is 0.268 e. The number of amides is 2. The quantitative estimate of drug-likeness (QED) is 0.781. The molecule has 0 fully saturated rings. The number of carbonyl (C=O) groups is 2. The number of nitrogens with one attached hydrogen (secondary N) is 1. The lowest BCUT2D eigenvalue weighted by atomic mass is 10.1. The molecule has 0 saturated heterocycles. The summed E-state index contributed by atoms with van der Waals surface area (Å²) in [5.74, 6) is 0.0915. The summed E-state index contributed by atoms with van der Waals surface area (Å²) in [6, 6.07) is 5.57. The molecule has 26 heavy (non-hydrogen) atoms. The molecule has 1 aliphatic heterocycles. The van der Waals surface area contributed by atoms with Crippen LogP contribution >= 0.6 is 11.3 Å². The van der Waals surface area contributed by atoms with E-state index in [4.69, 9.17) is 9.47 Å². The Bertz CT molecular complexity index is 821. The van der Waals surface area contributed by atoms with Crippen LogP contribution in [0.3, 0.4) is 0 Å². The summed E-state index contributed by atoms with van der Waals surface area (Å²) in [5, 5.41) is 5.67. The van der Waals surface area contributed by atoms with Crippen molar-refractivity contribution < 1.29 is 19.1 Å². The molecule has 138 valence electrons. The first kappa shape index (κ1) is 18.3. The molecule has 1 aromatic carbocycles. The molecule has 1 aromatic heterocycles. The van der Waals surface area contributed by atoms with Gasteiger partial charge in [0.25, 0.3) is 5.91 Å². The Balaban J connectivity index is 1.87. The molecule has 0 radical (unpaired) electrons. The zero-order valence-electron chi connectivity index (χ0n) is 14.9. The molecule has 0 bridgehead atoms. The van der Waals surface area contributed by atoms with Crippen LogP contribution in [0, 0.1) is 6.92 Å². The van der Waals surface area contributed by atoms with E-state index in [0.717, 1.165) is 16.3 Å². The number of fused-ring (bicyclic) bond motifs is 1. The SMILES string of the molecule is COCCNC(=O)CN1C(=O)C(C)Oc2ccc(-c3csc(C)n3)cc21. The minimum atomic E-state index is -0.637. The number of anilines is 1. The number of nitrogens with zero attached hydrogens (tertiary/aromatic N) is 2. The minimum Gasteiger partial charge on any atom is -0.479 e. The Hall–Kier alpha value is -2.45. The number of aryl methyl sites for hydroxylation is 1. The fraction of sp³-hybridized carbons (Fsp3) is 0.389. The molecule has 1 aliphatic rings. The van der Waals surface area contributed by atoms with Crippen molar-refractivity contribution in [2.75, 3.05) is 31.7 Å². The third-order valence-corrected chi connectivity index (χ3v) is 4.79. The first-order valence-corrected chi connectivity index (χ1v) is 9.17. The van der Waals surface area contributed by atoms with Crippen LogP contribution in [0.2, 0.25) is 0 Å². The first-order valence-electron chi connectivity index (χ1n) is 8.30. The summed E-state index contributed by atoms with van der Waals surface area (Å²) < 4.78 is 10.6. The monoisotopic (exact) mass is 375 g/mol. The number of thiazole rings is 1. The van der Waals surface area contributed by atoms with Crippen LogP contribution in [0.4, 0.5) is 5.69 Å². The van der Waals surface area contributed by atoms with Gasteiger partial charge < -0.3 is 14.8 Å². The normalized spacial score (nSPS) is 16.2. The molecule has 2 heterocycles. The van der Waals surface area contributed by atoms with E-state index >= 15 is 0 Å². The van der Waals surface area contributed by atoms with E-state index in [0.29, 0.717) is 24.6 Å². The number of carbonyl (C=O) groups excluding carboxylic acids is 2. The molecule has 1 unspecified atom stereocenters. The number of hydrogen-bond acceptors (Lipinski definition) is 6. The van der Waals surface area contributed by atoms with Crippen molar-refractivity contribution in [3.05, 3.63) is 28.6 Å². The average molecular weight is 375 g/mol. The van der Waals surface area contributed by atoms with Crippen molar-refractivity contribution in [3.63, 3.8) is 0 Å². The summed E-state index contributed by atoms with van der Waals surface area (Å²) in [7, 11) is 1.57. The summed E-state index contributed by atoms with van der Waals surface area (Å²) >= 11 is 1.56. The Kier molecular flexibility index (Phi) is 5.53. The van der Waals surface area contributed by atoms with Crippen LogP contribution in [0.15, 0.2) is 23.6 Å². The number of ether oxygens (including phenoxy) is 2. The topological polar surface area (TPSA) is 80.8 Å². The molecular formula is C18H21N3O4S. The maximum Gasteiger partial charge on any atom is 0.268 e. The Morgan fingerprint density at radius 1 is 1.46 bits per heavy atom. The highest BCUT2D eigenvalue weighted by atomic mass is 32.1. The highest BCUT2D eigenvalue weighted by Crippen LogP contribution is 2.37. The fourth-order valence-corrected chi connectivity index (χ4v) is 3.34. The van der Waals surface area contributed by atoms with Gasteiger partial charge in [0.1, 0.15) is 12.3 Å². The first-order chi connectivity index (χ1) is 12.5. The predicted molar refractivity (Wildman–Crippen MR) is 99.6 cm³/mol.